The molecule has 1 atom stereocenters. The van der Waals surface area contributed by atoms with Gasteiger partial charge in [0.05, 0.1) is 5.41 Å². The quantitative estimate of drug-likeness (QED) is 0.569. The van der Waals surface area contributed by atoms with Crippen molar-refractivity contribution < 1.29 is 14.0 Å². The van der Waals surface area contributed by atoms with E-state index < -0.39 is 11.7 Å². The predicted molar refractivity (Wildman–Crippen MR) is 135 cm³/mol. The van der Waals surface area contributed by atoms with Crippen LogP contribution in [0.2, 0.25) is 0 Å². The standard InChI is InChI=1S/C28H29FN4O3/c1-17-10-23(33-9-8-28(2,27(33)36)21-5-6-21)14-24(31-17)26(35)30-15-18-11-20(13-22(29)12-18)19-4-7-25(34)32(3)16-19/h4,7,10-14,16,21H,5-6,8-9,15H2,1-3H3,(H,30,35)/t28-/m0/s1. The summed E-state index contributed by atoms with van der Waals surface area (Å²) in [5, 5.41) is 2.82. The number of carbonyl (C=O) groups excluding carboxylic acids is 2. The summed E-state index contributed by atoms with van der Waals surface area (Å²) in [4.78, 5) is 44.0. The lowest BCUT2D eigenvalue weighted by Crippen LogP contribution is -2.34. The van der Waals surface area contributed by atoms with Crippen LogP contribution in [0.4, 0.5) is 10.1 Å². The highest BCUT2D eigenvalue weighted by molar-refractivity contribution is 6.01. The van der Waals surface area contributed by atoms with Crippen LogP contribution in [0, 0.1) is 24.1 Å². The molecule has 3 aromatic rings. The first kappa shape index (κ1) is 23.9. The van der Waals surface area contributed by atoms with Gasteiger partial charge in [-0.05, 0) is 85.2 Å². The third kappa shape index (κ3) is 4.55. The maximum atomic E-state index is 14.3. The third-order valence-electron chi connectivity index (χ3n) is 7.38. The molecule has 36 heavy (non-hydrogen) atoms. The Hall–Kier alpha value is -3.81. The second-order valence-corrected chi connectivity index (χ2v) is 10.1. The molecule has 0 bridgehead atoms. The molecule has 1 aromatic carbocycles. The summed E-state index contributed by atoms with van der Waals surface area (Å²) < 4.78 is 15.8. The van der Waals surface area contributed by atoms with Crippen LogP contribution in [-0.4, -0.2) is 27.9 Å². The molecule has 5 rings (SSSR count). The van der Waals surface area contributed by atoms with Gasteiger partial charge in [-0.1, -0.05) is 6.92 Å². The topological polar surface area (TPSA) is 84.3 Å². The molecule has 186 valence electrons. The Kier molecular flexibility index (Phi) is 5.98. The number of hydrogen-bond donors (Lipinski definition) is 1. The van der Waals surface area contributed by atoms with Crippen molar-refractivity contribution in [1.82, 2.24) is 14.9 Å². The van der Waals surface area contributed by atoms with E-state index in [4.69, 9.17) is 0 Å². The maximum Gasteiger partial charge on any atom is 0.270 e. The third-order valence-corrected chi connectivity index (χ3v) is 7.38. The number of pyridine rings is 2. The van der Waals surface area contributed by atoms with Crippen LogP contribution in [0.3, 0.4) is 0 Å². The highest BCUT2D eigenvalue weighted by Gasteiger charge is 2.52. The van der Waals surface area contributed by atoms with Gasteiger partial charge in [0.15, 0.2) is 0 Å². The zero-order chi connectivity index (χ0) is 25.6. The molecule has 2 aromatic heterocycles. The number of nitrogens with zero attached hydrogens (tertiary/aromatic N) is 3. The van der Waals surface area contributed by atoms with Gasteiger partial charge in [0.25, 0.3) is 5.91 Å². The Labute approximate surface area is 209 Å². The fraction of sp³-hybridized carbons (Fsp3) is 0.357. The molecule has 1 saturated carbocycles. The van der Waals surface area contributed by atoms with E-state index in [9.17, 15) is 18.8 Å². The van der Waals surface area contributed by atoms with E-state index in [2.05, 4.69) is 17.2 Å². The molecule has 0 unspecified atom stereocenters. The average Bonchev–Trinajstić information content (AvgIpc) is 3.65. The first-order valence-electron chi connectivity index (χ1n) is 12.2. The Bertz CT molecular complexity index is 1430. The number of aryl methyl sites for hydroxylation is 2. The minimum absolute atomic E-state index is 0.0999. The molecular formula is C28H29FN4O3. The van der Waals surface area contributed by atoms with Gasteiger partial charge in [0, 0.05) is 43.8 Å². The largest absolute Gasteiger partial charge is 0.347 e. The number of benzene rings is 1. The van der Waals surface area contributed by atoms with Crippen molar-refractivity contribution >= 4 is 17.5 Å². The van der Waals surface area contributed by atoms with Crippen molar-refractivity contribution in [2.45, 2.75) is 39.7 Å². The normalized spacial score (nSPS) is 19.6. The van der Waals surface area contributed by atoms with Gasteiger partial charge in [-0.15, -0.1) is 0 Å². The first-order valence-corrected chi connectivity index (χ1v) is 12.2. The molecule has 3 heterocycles. The summed E-state index contributed by atoms with van der Waals surface area (Å²) >= 11 is 0. The summed E-state index contributed by atoms with van der Waals surface area (Å²) in [6.45, 7) is 4.58. The molecule has 0 radical (unpaired) electrons. The molecule has 0 spiro atoms. The lowest BCUT2D eigenvalue weighted by Gasteiger charge is -2.23. The van der Waals surface area contributed by atoms with Crippen LogP contribution < -0.4 is 15.8 Å². The van der Waals surface area contributed by atoms with Crippen molar-refractivity contribution in [1.29, 1.82) is 0 Å². The van der Waals surface area contributed by atoms with Crippen molar-refractivity contribution in [3.8, 4) is 11.1 Å². The molecule has 1 aliphatic carbocycles. The van der Waals surface area contributed by atoms with Gasteiger partial charge < -0.3 is 14.8 Å². The lowest BCUT2D eigenvalue weighted by molar-refractivity contribution is -0.125. The van der Waals surface area contributed by atoms with Crippen LogP contribution in [0.5, 0.6) is 0 Å². The Morgan fingerprint density at radius 3 is 2.64 bits per heavy atom. The lowest BCUT2D eigenvalue weighted by atomic mass is 9.83. The van der Waals surface area contributed by atoms with E-state index in [1.54, 1.807) is 43.3 Å². The van der Waals surface area contributed by atoms with Crippen LogP contribution >= 0.6 is 0 Å². The van der Waals surface area contributed by atoms with Crippen LogP contribution in [0.25, 0.3) is 11.1 Å². The van der Waals surface area contributed by atoms with Gasteiger partial charge in [-0.2, -0.15) is 0 Å². The number of anilines is 1. The number of carbonyl (C=O) groups is 2. The second kappa shape index (κ2) is 9.00. The Balaban J connectivity index is 1.33. The van der Waals surface area contributed by atoms with Crippen molar-refractivity contribution in [3.05, 3.63) is 81.8 Å². The number of amides is 2. The molecule has 2 fully saturated rings. The zero-order valence-corrected chi connectivity index (χ0v) is 20.7. The summed E-state index contributed by atoms with van der Waals surface area (Å²) in [6, 6.07) is 11.1. The van der Waals surface area contributed by atoms with E-state index in [1.165, 1.54) is 22.8 Å². The van der Waals surface area contributed by atoms with E-state index in [0.717, 1.165) is 19.3 Å². The van der Waals surface area contributed by atoms with E-state index in [1.807, 2.05) is 6.07 Å². The van der Waals surface area contributed by atoms with Gasteiger partial charge in [-0.3, -0.25) is 14.4 Å². The molecule has 1 N–H and O–H groups in total. The Morgan fingerprint density at radius 2 is 1.92 bits per heavy atom. The fourth-order valence-corrected chi connectivity index (χ4v) is 5.09. The first-order chi connectivity index (χ1) is 17.1. The highest BCUT2D eigenvalue weighted by atomic mass is 19.1. The maximum absolute atomic E-state index is 14.3. The number of rotatable bonds is 6. The number of halogens is 1. The Morgan fingerprint density at radius 1 is 1.14 bits per heavy atom. The van der Waals surface area contributed by atoms with Gasteiger partial charge in [0.2, 0.25) is 11.5 Å². The van der Waals surface area contributed by atoms with Gasteiger partial charge >= 0.3 is 0 Å². The highest BCUT2D eigenvalue weighted by Crippen LogP contribution is 2.51. The number of hydrogen-bond acceptors (Lipinski definition) is 4. The van der Waals surface area contributed by atoms with Gasteiger partial charge in [-0.25, -0.2) is 9.37 Å². The van der Waals surface area contributed by atoms with E-state index >= 15 is 0 Å². The van der Waals surface area contributed by atoms with E-state index in [0.29, 0.717) is 40.5 Å². The number of nitrogens with one attached hydrogen (secondary N) is 1. The van der Waals surface area contributed by atoms with E-state index in [-0.39, 0.29) is 29.1 Å². The molecule has 1 saturated heterocycles. The second-order valence-electron chi connectivity index (χ2n) is 10.1. The summed E-state index contributed by atoms with van der Waals surface area (Å²) in [5.74, 6) is -0.262. The van der Waals surface area contributed by atoms with Crippen LogP contribution in [0.1, 0.15) is 47.9 Å². The van der Waals surface area contributed by atoms with Crippen LogP contribution in [0.15, 0.2) is 53.5 Å². The number of aromatic nitrogens is 2. The van der Waals surface area contributed by atoms with Crippen molar-refractivity contribution in [2.24, 2.45) is 18.4 Å². The predicted octanol–water partition coefficient (Wildman–Crippen LogP) is 3.98. The van der Waals surface area contributed by atoms with Gasteiger partial charge in [0.1, 0.15) is 11.5 Å². The molecule has 7 nitrogen and oxygen atoms in total. The fourth-order valence-electron chi connectivity index (χ4n) is 5.09. The minimum Gasteiger partial charge on any atom is -0.347 e. The molecule has 2 amide bonds. The summed E-state index contributed by atoms with van der Waals surface area (Å²) in [5.41, 5.74) is 2.96. The summed E-state index contributed by atoms with van der Waals surface area (Å²) in [7, 11) is 1.64. The monoisotopic (exact) mass is 488 g/mol. The van der Waals surface area contributed by atoms with Crippen molar-refractivity contribution in [2.75, 3.05) is 11.4 Å². The van der Waals surface area contributed by atoms with Crippen LogP contribution in [-0.2, 0) is 18.4 Å². The zero-order valence-electron chi connectivity index (χ0n) is 20.7. The molecule has 2 aliphatic rings. The molecule has 1 aliphatic heterocycles. The smallest absolute Gasteiger partial charge is 0.270 e. The average molecular weight is 489 g/mol. The molecular weight excluding hydrogens is 459 g/mol. The SMILES string of the molecule is Cc1cc(N2CC[C@@](C)(C3CC3)C2=O)cc(C(=O)NCc2cc(F)cc(-c3ccc(=O)n(C)c3)c2)n1. The minimum atomic E-state index is -0.437. The summed E-state index contributed by atoms with van der Waals surface area (Å²) in [6.07, 6.45) is 4.66. The van der Waals surface area contributed by atoms with Crippen molar-refractivity contribution in [3.63, 3.8) is 0 Å². The molecule has 8 heteroatoms.